The Morgan fingerprint density at radius 2 is 1.65 bits per heavy atom. The van der Waals surface area contributed by atoms with Gasteiger partial charge in [0.1, 0.15) is 0 Å². The third kappa shape index (κ3) is 2.41. The van der Waals surface area contributed by atoms with Crippen molar-refractivity contribution in [2.45, 2.75) is 31.0 Å². The monoisotopic (exact) mass is 291 g/mol. The Bertz CT molecular complexity index is 718. The van der Waals surface area contributed by atoms with Crippen molar-refractivity contribution in [1.29, 1.82) is 0 Å². The number of aryl methyl sites for hydroxylation is 2. The number of hydrogen-bond donors (Lipinski definition) is 0. The number of rotatable bonds is 3. The van der Waals surface area contributed by atoms with Gasteiger partial charge in [-0.15, -0.1) is 0 Å². The fourth-order valence-corrected chi connectivity index (χ4v) is 4.07. The molecule has 0 radical (unpaired) electrons. The standard InChI is InChI=1S/C15H17NO3S/c1-11-7-4-5-9-14(11)13(3)20(18,19)15-12(2)8-6-10-16(15)17/h4-10,13H,1-3H3. The van der Waals surface area contributed by atoms with Crippen LogP contribution in [0.1, 0.15) is 28.9 Å². The first kappa shape index (κ1) is 14.5. The Kier molecular flexibility index (Phi) is 3.81. The third-order valence-electron chi connectivity index (χ3n) is 3.47. The Morgan fingerprint density at radius 1 is 1.05 bits per heavy atom. The van der Waals surface area contributed by atoms with E-state index in [2.05, 4.69) is 0 Å². The lowest BCUT2D eigenvalue weighted by Gasteiger charge is -2.16. The Balaban J connectivity index is 2.59. The van der Waals surface area contributed by atoms with Crippen LogP contribution >= 0.6 is 0 Å². The summed E-state index contributed by atoms with van der Waals surface area (Å²) in [5.41, 5.74) is 2.08. The average molecular weight is 291 g/mol. The normalized spacial score (nSPS) is 13.2. The second-order valence-electron chi connectivity index (χ2n) is 4.87. The van der Waals surface area contributed by atoms with Gasteiger partial charge in [0.2, 0.25) is 9.84 Å². The molecule has 0 aliphatic heterocycles. The molecule has 0 bridgehead atoms. The molecule has 0 fully saturated rings. The van der Waals surface area contributed by atoms with Crippen LogP contribution in [-0.2, 0) is 9.84 Å². The van der Waals surface area contributed by atoms with Crippen molar-refractivity contribution < 1.29 is 13.1 Å². The van der Waals surface area contributed by atoms with Crippen molar-refractivity contribution in [1.82, 2.24) is 0 Å². The van der Waals surface area contributed by atoms with Crippen LogP contribution in [0.3, 0.4) is 0 Å². The summed E-state index contributed by atoms with van der Waals surface area (Å²) in [5, 5.41) is 10.9. The van der Waals surface area contributed by atoms with Gasteiger partial charge in [0.15, 0.2) is 6.20 Å². The largest absolute Gasteiger partial charge is 0.618 e. The van der Waals surface area contributed by atoms with E-state index in [0.29, 0.717) is 10.3 Å². The van der Waals surface area contributed by atoms with Crippen molar-refractivity contribution in [3.05, 3.63) is 64.5 Å². The van der Waals surface area contributed by atoms with Crippen molar-refractivity contribution in [2.24, 2.45) is 0 Å². The Labute approximate surface area is 119 Å². The van der Waals surface area contributed by atoms with E-state index in [0.717, 1.165) is 11.1 Å². The molecule has 106 valence electrons. The van der Waals surface area contributed by atoms with Gasteiger partial charge in [0.05, 0.1) is 5.25 Å². The molecule has 2 aromatic rings. The molecule has 1 aromatic heterocycles. The summed E-state index contributed by atoms with van der Waals surface area (Å²) in [6.45, 7) is 5.11. The third-order valence-corrected chi connectivity index (χ3v) is 5.69. The fraction of sp³-hybridized carbons (Fsp3) is 0.267. The zero-order valence-electron chi connectivity index (χ0n) is 11.7. The molecule has 1 heterocycles. The minimum absolute atomic E-state index is 0.171. The maximum Gasteiger partial charge on any atom is 0.312 e. The molecular formula is C15H17NO3S. The molecule has 0 spiro atoms. The van der Waals surface area contributed by atoms with Crippen molar-refractivity contribution in [3.63, 3.8) is 0 Å². The minimum Gasteiger partial charge on any atom is -0.618 e. The summed E-state index contributed by atoms with van der Waals surface area (Å²) in [5.74, 6) is 0. The molecule has 0 N–H and O–H groups in total. The lowest BCUT2D eigenvalue weighted by molar-refractivity contribution is -0.647. The molecule has 2 rings (SSSR count). The number of aromatic nitrogens is 1. The second-order valence-corrected chi connectivity index (χ2v) is 7.05. The molecule has 0 saturated carbocycles. The zero-order chi connectivity index (χ0) is 14.9. The molecule has 1 unspecified atom stereocenters. The molecule has 1 atom stereocenters. The lowest BCUT2D eigenvalue weighted by atomic mass is 10.1. The van der Waals surface area contributed by atoms with Crippen LogP contribution in [0.25, 0.3) is 0 Å². The SMILES string of the molecule is Cc1ccccc1C(C)S(=O)(=O)c1c(C)ccc[n+]1[O-]. The highest BCUT2D eigenvalue weighted by Crippen LogP contribution is 2.29. The summed E-state index contributed by atoms with van der Waals surface area (Å²) >= 11 is 0. The maximum atomic E-state index is 12.7. The number of hydrogen-bond acceptors (Lipinski definition) is 3. The quantitative estimate of drug-likeness (QED) is 0.644. The average Bonchev–Trinajstić information content (AvgIpc) is 2.38. The first-order valence-corrected chi connectivity index (χ1v) is 7.88. The minimum atomic E-state index is -3.73. The molecule has 0 aliphatic rings. The molecule has 20 heavy (non-hydrogen) atoms. The first-order chi connectivity index (χ1) is 9.35. The maximum absolute atomic E-state index is 12.7. The summed E-state index contributed by atoms with van der Waals surface area (Å²) in [4.78, 5) is 0. The van der Waals surface area contributed by atoms with Gasteiger partial charge in [0, 0.05) is 11.6 Å². The van der Waals surface area contributed by atoms with E-state index in [4.69, 9.17) is 0 Å². The van der Waals surface area contributed by atoms with E-state index in [1.807, 2.05) is 19.1 Å². The van der Waals surface area contributed by atoms with E-state index in [1.165, 1.54) is 6.20 Å². The van der Waals surface area contributed by atoms with Gasteiger partial charge >= 0.3 is 5.03 Å². The van der Waals surface area contributed by atoms with Gasteiger partial charge in [-0.2, -0.15) is 4.73 Å². The van der Waals surface area contributed by atoms with Crippen molar-refractivity contribution in [2.75, 3.05) is 0 Å². The van der Waals surface area contributed by atoms with Crippen LogP contribution in [0.4, 0.5) is 0 Å². The van der Waals surface area contributed by atoms with Gasteiger partial charge in [-0.05, 0) is 38.0 Å². The van der Waals surface area contributed by atoms with E-state index < -0.39 is 15.1 Å². The van der Waals surface area contributed by atoms with Crippen molar-refractivity contribution >= 4 is 9.84 Å². The fourth-order valence-electron chi connectivity index (χ4n) is 2.31. The van der Waals surface area contributed by atoms with Gasteiger partial charge in [-0.3, -0.25) is 0 Å². The van der Waals surface area contributed by atoms with Crippen LogP contribution in [0.5, 0.6) is 0 Å². The van der Waals surface area contributed by atoms with Crippen LogP contribution in [0.15, 0.2) is 47.6 Å². The van der Waals surface area contributed by atoms with Crippen LogP contribution in [0, 0.1) is 19.1 Å². The molecule has 0 amide bonds. The molecule has 1 aromatic carbocycles. The molecule has 0 saturated heterocycles. The number of benzene rings is 1. The second kappa shape index (κ2) is 5.25. The predicted molar refractivity (Wildman–Crippen MR) is 76.9 cm³/mol. The van der Waals surface area contributed by atoms with Gasteiger partial charge in [-0.25, -0.2) is 8.42 Å². The van der Waals surface area contributed by atoms with E-state index in [9.17, 15) is 13.6 Å². The molecule has 5 heteroatoms. The van der Waals surface area contributed by atoms with Crippen molar-refractivity contribution in [3.8, 4) is 0 Å². The highest BCUT2D eigenvalue weighted by Gasteiger charge is 2.34. The molecular weight excluding hydrogens is 274 g/mol. The Hall–Kier alpha value is -1.88. The highest BCUT2D eigenvalue weighted by atomic mass is 32.2. The summed E-state index contributed by atoms with van der Waals surface area (Å²) in [7, 11) is -3.73. The van der Waals surface area contributed by atoms with Gasteiger partial charge in [0.25, 0.3) is 0 Å². The first-order valence-electron chi connectivity index (χ1n) is 6.34. The van der Waals surface area contributed by atoms with Gasteiger partial charge < -0.3 is 5.21 Å². The predicted octanol–water partition coefficient (Wildman–Crippen LogP) is 2.47. The van der Waals surface area contributed by atoms with E-state index >= 15 is 0 Å². The van der Waals surface area contributed by atoms with Crippen LogP contribution < -0.4 is 4.73 Å². The zero-order valence-corrected chi connectivity index (χ0v) is 12.5. The number of nitrogens with zero attached hydrogens (tertiary/aromatic N) is 1. The summed E-state index contributed by atoms with van der Waals surface area (Å²) < 4.78 is 25.8. The Morgan fingerprint density at radius 3 is 2.25 bits per heavy atom. The van der Waals surface area contributed by atoms with Crippen LogP contribution in [-0.4, -0.2) is 8.42 Å². The number of sulfone groups is 1. The van der Waals surface area contributed by atoms with Crippen LogP contribution in [0.2, 0.25) is 0 Å². The smallest absolute Gasteiger partial charge is 0.312 e. The topological polar surface area (TPSA) is 61.1 Å². The molecule has 0 aliphatic carbocycles. The van der Waals surface area contributed by atoms with E-state index in [-0.39, 0.29) is 5.03 Å². The summed E-state index contributed by atoms with van der Waals surface area (Å²) in [6, 6.07) is 10.5. The van der Waals surface area contributed by atoms with Gasteiger partial charge in [-0.1, -0.05) is 24.3 Å². The number of pyridine rings is 1. The van der Waals surface area contributed by atoms with E-state index in [1.54, 1.807) is 38.1 Å². The highest BCUT2D eigenvalue weighted by molar-refractivity contribution is 7.91. The summed E-state index contributed by atoms with van der Waals surface area (Å²) in [6.07, 6.45) is 1.21. The lowest BCUT2D eigenvalue weighted by Crippen LogP contribution is -2.36. The molecule has 4 nitrogen and oxygen atoms in total.